The average molecular weight is 899 g/mol. The van der Waals surface area contributed by atoms with Gasteiger partial charge in [-0.25, -0.2) is 14.4 Å². The molecule has 10 nitrogen and oxygen atoms in total. The fourth-order valence-corrected chi connectivity index (χ4v) is 7.74. The maximum absolute atomic E-state index is 13.7. The summed E-state index contributed by atoms with van der Waals surface area (Å²) >= 11 is 25.1. The number of hydrogen-bond acceptors (Lipinski definition) is 6. The van der Waals surface area contributed by atoms with E-state index in [0.29, 0.717) is 102 Å². The van der Waals surface area contributed by atoms with Crippen molar-refractivity contribution in [1.29, 1.82) is 0 Å². The van der Waals surface area contributed by atoms with Gasteiger partial charge in [0.15, 0.2) is 0 Å². The first-order chi connectivity index (χ1) is 29.5. The lowest BCUT2D eigenvalue weighted by Crippen LogP contribution is -2.25. The number of carbonyl (C=O) groups excluding carboxylic acids is 2. The van der Waals surface area contributed by atoms with Crippen LogP contribution in [0.25, 0.3) is 44.8 Å². The van der Waals surface area contributed by atoms with E-state index in [1.165, 1.54) is 6.07 Å². The zero-order valence-electron chi connectivity index (χ0n) is 32.7. The largest absolute Gasteiger partial charge is 0.497 e. The molecule has 0 atom stereocenters. The van der Waals surface area contributed by atoms with Crippen LogP contribution in [0.1, 0.15) is 31.8 Å². The van der Waals surface area contributed by atoms with Crippen molar-refractivity contribution >= 4 is 80.3 Å². The van der Waals surface area contributed by atoms with Crippen molar-refractivity contribution in [3.05, 3.63) is 163 Å². The van der Waals surface area contributed by atoms with Crippen LogP contribution in [-0.4, -0.2) is 59.1 Å². The second-order valence-corrected chi connectivity index (χ2v) is 15.2. The standard InChI is InChI=1S/C24H21Cl2N3O3.C22H16Cl2FN3O/c1-31-16-7-9-21(32-2)14(12-16)10-11-27-24(30)15-6-8-19-20(13-15)29-23(28-19)22-17(25)4-3-5-18(22)26;23-15-5-3-6-16(24)20(15)21-27-18-9-8-14(12-19(18)28-21)22(29)26-11-10-13-4-1-2-7-17(13)25/h3-9,12-13H,10-11H2,1-2H3,(H,27,30)(H,28,29);1-9,12H,10-11H2,(H,26,29)(H,27,28). The number of halogens is 5. The van der Waals surface area contributed by atoms with Crippen LogP contribution in [0, 0.1) is 5.82 Å². The van der Waals surface area contributed by atoms with E-state index in [1.807, 2.05) is 18.2 Å². The Bertz CT molecular complexity index is 2840. The van der Waals surface area contributed by atoms with Gasteiger partial charge in [0, 0.05) is 24.2 Å². The van der Waals surface area contributed by atoms with Crippen LogP contribution in [0.4, 0.5) is 4.39 Å². The lowest BCUT2D eigenvalue weighted by atomic mass is 10.1. The molecule has 0 unspecified atom stereocenters. The van der Waals surface area contributed by atoms with Crippen LogP contribution in [-0.2, 0) is 12.8 Å². The molecule has 61 heavy (non-hydrogen) atoms. The Kier molecular flexibility index (Phi) is 13.8. The number of aromatic nitrogens is 4. The summed E-state index contributed by atoms with van der Waals surface area (Å²) in [6.07, 6.45) is 1.02. The normalized spacial score (nSPS) is 10.9. The van der Waals surface area contributed by atoms with E-state index in [0.717, 1.165) is 22.6 Å². The van der Waals surface area contributed by atoms with Crippen LogP contribution < -0.4 is 20.1 Å². The Balaban J connectivity index is 0.000000185. The third-order valence-corrected chi connectivity index (χ3v) is 11.0. The fourth-order valence-electron chi connectivity index (χ4n) is 6.59. The minimum absolute atomic E-state index is 0.180. The van der Waals surface area contributed by atoms with Gasteiger partial charge in [0.05, 0.1) is 67.5 Å². The van der Waals surface area contributed by atoms with Crippen molar-refractivity contribution in [2.45, 2.75) is 12.8 Å². The number of carbonyl (C=O) groups is 2. The molecule has 310 valence electrons. The molecule has 2 heterocycles. The zero-order chi connectivity index (χ0) is 43.0. The Morgan fingerprint density at radius 2 is 1.08 bits per heavy atom. The van der Waals surface area contributed by atoms with Crippen LogP contribution in [0.3, 0.4) is 0 Å². The second-order valence-electron chi connectivity index (χ2n) is 13.6. The number of H-pyrrole nitrogens is 2. The highest BCUT2D eigenvalue weighted by atomic mass is 35.5. The maximum atomic E-state index is 13.7. The topological polar surface area (TPSA) is 134 Å². The van der Waals surface area contributed by atoms with Gasteiger partial charge in [-0.3, -0.25) is 9.59 Å². The second kappa shape index (κ2) is 19.5. The van der Waals surface area contributed by atoms with Gasteiger partial charge in [0.2, 0.25) is 0 Å². The van der Waals surface area contributed by atoms with E-state index in [-0.39, 0.29) is 17.6 Å². The van der Waals surface area contributed by atoms with Crippen molar-refractivity contribution < 1.29 is 23.5 Å². The van der Waals surface area contributed by atoms with Gasteiger partial charge in [0.25, 0.3) is 11.8 Å². The first-order valence-corrected chi connectivity index (χ1v) is 20.4. The molecule has 4 N–H and O–H groups in total. The summed E-state index contributed by atoms with van der Waals surface area (Å²) in [5, 5.41) is 7.74. The molecule has 8 rings (SSSR count). The third-order valence-electron chi connectivity index (χ3n) is 9.69. The first-order valence-electron chi connectivity index (χ1n) is 18.9. The number of nitrogens with zero attached hydrogens (tertiary/aromatic N) is 2. The van der Waals surface area contributed by atoms with E-state index in [1.54, 1.807) is 105 Å². The Hall–Kier alpha value is -6.11. The van der Waals surface area contributed by atoms with Crippen LogP contribution in [0.2, 0.25) is 20.1 Å². The molecule has 0 fully saturated rings. The molecule has 15 heteroatoms. The van der Waals surface area contributed by atoms with E-state index >= 15 is 0 Å². The molecule has 0 radical (unpaired) electrons. The van der Waals surface area contributed by atoms with Crippen molar-refractivity contribution in [2.24, 2.45) is 0 Å². The smallest absolute Gasteiger partial charge is 0.251 e. The number of benzene rings is 6. The lowest BCUT2D eigenvalue weighted by molar-refractivity contribution is 0.0946. The molecule has 0 aliphatic heterocycles. The number of amides is 2. The lowest BCUT2D eigenvalue weighted by Gasteiger charge is -2.11. The maximum Gasteiger partial charge on any atom is 0.251 e. The van der Waals surface area contributed by atoms with Crippen LogP contribution >= 0.6 is 46.4 Å². The van der Waals surface area contributed by atoms with E-state index in [2.05, 4.69) is 30.6 Å². The fraction of sp³-hybridized carbons (Fsp3) is 0.130. The molecule has 0 aliphatic rings. The average Bonchev–Trinajstić information content (AvgIpc) is 3.88. The van der Waals surface area contributed by atoms with E-state index in [9.17, 15) is 14.0 Å². The Morgan fingerprint density at radius 1 is 0.590 bits per heavy atom. The quantitative estimate of drug-likeness (QED) is 0.0965. The molecule has 0 spiro atoms. The van der Waals surface area contributed by atoms with Gasteiger partial charge in [-0.1, -0.05) is 76.7 Å². The number of fused-ring (bicyclic) bond motifs is 2. The highest BCUT2D eigenvalue weighted by Crippen LogP contribution is 2.35. The van der Waals surface area contributed by atoms with Crippen molar-refractivity contribution in [1.82, 2.24) is 30.6 Å². The van der Waals surface area contributed by atoms with Gasteiger partial charge < -0.3 is 30.1 Å². The molecule has 2 aromatic heterocycles. The predicted octanol–water partition coefficient (Wildman–Crippen LogP) is 11.2. The van der Waals surface area contributed by atoms with E-state index < -0.39 is 0 Å². The number of hydrogen-bond donors (Lipinski definition) is 4. The predicted molar refractivity (Wildman–Crippen MR) is 241 cm³/mol. The summed E-state index contributed by atoms with van der Waals surface area (Å²) in [5.41, 5.74) is 6.59. The molecule has 0 aliphatic carbocycles. The number of methoxy groups -OCH3 is 2. The minimum Gasteiger partial charge on any atom is -0.497 e. The van der Waals surface area contributed by atoms with Crippen LogP contribution in [0.5, 0.6) is 11.5 Å². The Labute approximate surface area is 370 Å². The van der Waals surface area contributed by atoms with Gasteiger partial charge in [-0.15, -0.1) is 0 Å². The number of imidazole rings is 2. The van der Waals surface area contributed by atoms with Crippen LogP contribution in [0.15, 0.2) is 115 Å². The summed E-state index contributed by atoms with van der Waals surface area (Å²) in [6.45, 7) is 0.783. The summed E-state index contributed by atoms with van der Waals surface area (Å²) in [7, 11) is 3.23. The Morgan fingerprint density at radius 3 is 1.56 bits per heavy atom. The molecule has 0 saturated carbocycles. The first kappa shape index (κ1) is 43.0. The summed E-state index contributed by atoms with van der Waals surface area (Å²) < 4.78 is 24.3. The van der Waals surface area contributed by atoms with Gasteiger partial charge in [0.1, 0.15) is 29.0 Å². The third kappa shape index (κ3) is 10.1. The summed E-state index contributed by atoms with van der Waals surface area (Å²) in [4.78, 5) is 40.6. The number of rotatable bonds is 12. The summed E-state index contributed by atoms with van der Waals surface area (Å²) in [6, 6.07) is 33.1. The molecular weight excluding hydrogens is 861 g/mol. The highest BCUT2D eigenvalue weighted by molar-refractivity contribution is 6.39. The zero-order valence-corrected chi connectivity index (χ0v) is 35.7. The number of nitrogens with one attached hydrogen (secondary N) is 4. The molecule has 0 saturated heterocycles. The van der Waals surface area contributed by atoms with Gasteiger partial charge in [-0.05, 0) is 109 Å². The minimum atomic E-state index is -0.272. The summed E-state index contributed by atoms with van der Waals surface area (Å²) in [5.74, 6) is 1.89. The molecule has 2 amide bonds. The van der Waals surface area contributed by atoms with Crippen molar-refractivity contribution in [3.63, 3.8) is 0 Å². The molecular formula is C46H37Cl4FN6O4. The number of aromatic amines is 2. The monoisotopic (exact) mass is 896 g/mol. The SMILES string of the molecule is COc1ccc(OC)c(CCNC(=O)c2ccc3nc(-c4c(Cl)cccc4Cl)[nH]c3c2)c1.O=C(NCCc1ccccc1F)c1ccc2nc(-c3c(Cl)cccc3Cl)[nH]c2c1. The van der Waals surface area contributed by atoms with Gasteiger partial charge in [-0.2, -0.15) is 0 Å². The molecule has 8 aromatic rings. The van der Waals surface area contributed by atoms with Gasteiger partial charge >= 0.3 is 0 Å². The van der Waals surface area contributed by atoms with Crippen molar-refractivity contribution in [3.8, 4) is 34.3 Å². The van der Waals surface area contributed by atoms with E-state index in [4.69, 9.17) is 55.9 Å². The molecule has 6 aromatic carbocycles. The van der Waals surface area contributed by atoms with Crippen molar-refractivity contribution in [2.75, 3.05) is 27.3 Å². The number of ether oxygens (including phenoxy) is 2. The molecule has 0 bridgehead atoms. The highest BCUT2D eigenvalue weighted by Gasteiger charge is 2.17.